The highest BCUT2D eigenvalue weighted by molar-refractivity contribution is 9.10. The molecule has 0 unspecified atom stereocenters. The Morgan fingerprint density at radius 3 is 2.21 bits per heavy atom. The molecule has 0 fully saturated rings. The smallest absolute Gasteiger partial charge is 0.253 e. The van der Waals surface area contributed by atoms with Crippen LogP contribution >= 0.6 is 15.9 Å². The maximum absolute atomic E-state index is 13.9. The van der Waals surface area contributed by atoms with Crippen molar-refractivity contribution in [2.75, 3.05) is 36.5 Å². The van der Waals surface area contributed by atoms with Crippen LogP contribution in [0.1, 0.15) is 10.4 Å². The lowest BCUT2D eigenvalue weighted by Crippen LogP contribution is -2.37. The number of hydrogen-bond acceptors (Lipinski definition) is 4. The topological polar surface area (TPSA) is 86.8 Å². The first-order valence-corrected chi connectivity index (χ1v) is 10.7. The summed E-state index contributed by atoms with van der Waals surface area (Å²) < 4.78 is 39.6. The predicted octanol–water partition coefficient (Wildman–Crippen LogP) is 2.69. The third-order valence-corrected chi connectivity index (χ3v) is 5.34. The summed E-state index contributed by atoms with van der Waals surface area (Å²) in [5, 5.41) is 2.35. The summed E-state index contributed by atoms with van der Waals surface area (Å²) in [5.41, 5.74) is 0.529. The Morgan fingerprint density at radius 1 is 1.11 bits per heavy atom. The second-order valence-electron chi connectivity index (χ2n) is 6.19. The molecule has 2 rings (SSSR count). The van der Waals surface area contributed by atoms with Crippen LogP contribution in [-0.2, 0) is 14.8 Å². The quantitative estimate of drug-likeness (QED) is 0.701. The van der Waals surface area contributed by atoms with E-state index >= 15 is 0 Å². The molecule has 2 amide bonds. The van der Waals surface area contributed by atoms with Crippen molar-refractivity contribution in [3.05, 3.63) is 58.3 Å². The van der Waals surface area contributed by atoms with Crippen molar-refractivity contribution in [2.24, 2.45) is 0 Å². The van der Waals surface area contributed by atoms with Gasteiger partial charge in [0.25, 0.3) is 5.91 Å². The van der Waals surface area contributed by atoms with Crippen molar-refractivity contribution in [1.29, 1.82) is 0 Å². The molecule has 150 valence electrons. The van der Waals surface area contributed by atoms with Crippen molar-refractivity contribution in [1.82, 2.24) is 4.90 Å². The molecular formula is C18H19BrFN3O4S. The number of nitrogens with zero attached hydrogens (tertiary/aromatic N) is 2. The van der Waals surface area contributed by atoms with Gasteiger partial charge in [-0.15, -0.1) is 0 Å². The first-order chi connectivity index (χ1) is 13.0. The van der Waals surface area contributed by atoms with Crippen LogP contribution in [0.4, 0.5) is 15.8 Å². The maximum atomic E-state index is 13.9. The molecule has 0 spiro atoms. The van der Waals surface area contributed by atoms with E-state index in [4.69, 9.17) is 0 Å². The normalized spacial score (nSPS) is 11.0. The Morgan fingerprint density at radius 2 is 1.71 bits per heavy atom. The SMILES string of the molecule is CN(C)C(=O)c1ccc(N(CC(=O)Nc2ccc(Br)cc2F)S(C)(=O)=O)cc1. The van der Waals surface area contributed by atoms with Gasteiger partial charge in [-0.2, -0.15) is 0 Å². The van der Waals surface area contributed by atoms with Gasteiger partial charge in [-0.05, 0) is 42.5 Å². The third-order valence-electron chi connectivity index (χ3n) is 3.70. The maximum Gasteiger partial charge on any atom is 0.253 e. The van der Waals surface area contributed by atoms with Crippen LogP contribution in [0.25, 0.3) is 0 Å². The Bertz CT molecular complexity index is 994. The molecule has 0 aliphatic rings. The monoisotopic (exact) mass is 471 g/mol. The predicted molar refractivity (Wildman–Crippen MR) is 109 cm³/mol. The van der Waals surface area contributed by atoms with Crippen LogP contribution in [0, 0.1) is 5.82 Å². The van der Waals surface area contributed by atoms with E-state index in [2.05, 4.69) is 21.2 Å². The van der Waals surface area contributed by atoms with E-state index in [1.165, 1.54) is 41.3 Å². The molecule has 10 heteroatoms. The van der Waals surface area contributed by atoms with E-state index < -0.39 is 28.3 Å². The van der Waals surface area contributed by atoms with Crippen molar-refractivity contribution in [3.8, 4) is 0 Å². The fourth-order valence-corrected chi connectivity index (χ4v) is 3.53. The van der Waals surface area contributed by atoms with Crippen LogP contribution in [0.15, 0.2) is 46.9 Å². The van der Waals surface area contributed by atoms with E-state index in [9.17, 15) is 22.4 Å². The number of carbonyl (C=O) groups is 2. The molecular weight excluding hydrogens is 453 g/mol. The molecule has 0 heterocycles. The van der Waals surface area contributed by atoms with E-state index in [-0.39, 0.29) is 17.3 Å². The largest absolute Gasteiger partial charge is 0.345 e. The molecule has 0 radical (unpaired) electrons. The van der Waals surface area contributed by atoms with Gasteiger partial charge in [0.05, 0.1) is 17.6 Å². The van der Waals surface area contributed by atoms with Gasteiger partial charge in [-0.25, -0.2) is 12.8 Å². The van der Waals surface area contributed by atoms with Gasteiger partial charge >= 0.3 is 0 Å². The van der Waals surface area contributed by atoms with Crippen LogP contribution < -0.4 is 9.62 Å². The van der Waals surface area contributed by atoms with Crippen LogP contribution in [-0.4, -0.2) is 52.0 Å². The highest BCUT2D eigenvalue weighted by atomic mass is 79.9. The van der Waals surface area contributed by atoms with E-state index in [0.29, 0.717) is 10.0 Å². The van der Waals surface area contributed by atoms with E-state index in [0.717, 1.165) is 10.6 Å². The molecule has 28 heavy (non-hydrogen) atoms. The fourth-order valence-electron chi connectivity index (χ4n) is 2.34. The van der Waals surface area contributed by atoms with Gasteiger partial charge in [0.15, 0.2) is 0 Å². The zero-order chi connectivity index (χ0) is 21.1. The number of benzene rings is 2. The van der Waals surface area contributed by atoms with Crippen molar-refractivity contribution in [3.63, 3.8) is 0 Å². The highest BCUT2D eigenvalue weighted by Crippen LogP contribution is 2.21. The third kappa shape index (κ3) is 5.52. The van der Waals surface area contributed by atoms with Crippen LogP contribution in [0.3, 0.4) is 0 Å². The summed E-state index contributed by atoms with van der Waals surface area (Å²) in [5.74, 6) is -1.60. The minimum Gasteiger partial charge on any atom is -0.345 e. The van der Waals surface area contributed by atoms with E-state index in [1.54, 1.807) is 20.2 Å². The molecule has 0 aliphatic heterocycles. The second kappa shape index (κ2) is 8.70. The van der Waals surface area contributed by atoms with Gasteiger partial charge in [0.2, 0.25) is 15.9 Å². The molecule has 0 bridgehead atoms. The lowest BCUT2D eigenvalue weighted by molar-refractivity contribution is -0.114. The Kier molecular flexibility index (Phi) is 6.78. The first kappa shape index (κ1) is 21.8. The Hall–Kier alpha value is -2.46. The second-order valence-corrected chi connectivity index (χ2v) is 9.01. The van der Waals surface area contributed by atoms with Crippen LogP contribution in [0.2, 0.25) is 0 Å². The van der Waals surface area contributed by atoms with Gasteiger partial charge < -0.3 is 10.2 Å². The highest BCUT2D eigenvalue weighted by Gasteiger charge is 2.22. The summed E-state index contributed by atoms with van der Waals surface area (Å²) in [4.78, 5) is 25.6. The number of nitrogens with one attached hydrogen (secondary N) is 1. The standard InChI is InChI=1S/C18H19BrFN3O4S/c1-22(2)18(25)12-4-7-14(8-5-12)23(28(3,26)27)11-17(24)21-16-9-6-13(19)10-15(16)20/h4-10H,11H2,1-3H3,(H,21,24). The van der Waals surface area contributed by atoms with Gasteiger partial charge in [-0.1, -0.05) is 15.9 Å². The lowest BCUT2D eigenvalue weighted by atomic mass is 10.2. The summed E-state index contributed by atoms with van der Waals surface area (Å²) in [6, 6.07) is 9.92. The van der Waals surface area contributed by atoms with E-state index in [1.807, 2.05) is 0 Å². The first-order valence-electron chi connectivity index (χ1n) is 8.03. The van der Waals surface area contributed by atoms with Crippen molar-refractivity contribution < 1.29 is 22.4 Å². The zero-order valence-electron chi connectivity index (χ0n) is 15.4. The summed E-state index contributed by atoms with van der Waals surface area (Å²) in [6.07, 6.45) is 0.958. The molecule has 2 aromatic rings. The molecule has 7 nitrogen and oxygen atoms in total. The number of amides is 2. The fraction of sp³-hybridized carbons (Fsp3) is 0.222. The number of sulfonamides is 1. The lowest BCUT2D eigenvalue weighted by Gasteiger charge is -2.22. The molecule has 0 saturated heterocycles. The minimum atomic E-state index is -3.80. The minimum absolute atomic E-state index is 0.0615. The number of hydrogen-bond donors (Lipinski definition) is 1. The molecule has 0 aromatic heterocycles. The molecule has 2 aromatic carbocycles. The van der Waals surface area contributed by atoms with Crippen molar-refractivity contribution >= 4 is 49.1 Å². The number of carbonyl (C=O) groups excluding carboxylic acids is 2. The zero-order valence-corrected chi connectivity index (χ0v) is 17.8. The average molecular weight is 472 g/mol. The van der Waals surface area contributed by atoms with Crippen molar-refractivity contribution in [2.45, 2.75) is 0 Å². The molecule has 0 aliphatic carbocycles. The average Bonchev–Trinajstić information content (AvgIpc) is 2.60. The molecule has 1 N–H and O–H groups in total. The summed E-state index contributed by atoms with van der Waals surface area (Å²) in [7, 11) is -0.592. The number of rotatable bonds is 6. The molecule has 0 atom stereocenters. The Labute approximate surface area is 171 Å². The molecule has 0 saturated carbocycles. The van der Waals surface area contributed by atoms with Crippen LogP contribution in [0.5, 0.6) is 0 Å². The number of halogens is 2. The number of anilines is 2. The summed E-state index contributed by atoms with van der Waals surface area (Å²) in [6.45, 7) is -0.546. The van der Waals surface area contributed by atoms with Gasteiger partial charge in [-0.3, -0.25) is 13.9 Å². The van der Waals surface area contributed by atoms with Gasteiger partial charge in [0, 0.05) is 24.1 Å². The summed E-state index contributed by atoms with van der Waals surface area (Å²) >= 11 is 3.12. The Balaban J connectivity index is 2.22. The van der Waals surface area contributed by atoms with Gasteiger partial charge in [0.1, 0.15) is 12.4 Å².